The molecular formula is C123H125ClF4N16O6. The van der Waals surface area contributed by atoms with E-state index in [2.05, 4.69) is 165 Å². The van der Waals surface area contributed by atoms with Crippen LogP contribution in [0.5, 0.6) is 0 Å². The van der Waals surface area contributed by atoms with Gasteiger partial charge in [-0.2, -0.15) is 49.0 Å². The van der Waals surface area contributed by atoms with Crippen LogP contribution in [-0.2, 0) is 73.5 Å². The molecule has 0 saturated carbocycles. The Hall–Kier alpha value is -14.6. The Balaban J connectivity index is 0.000000113. The first-order valence-electron chi connectivity index (χ1n) is 51.7. The number of H-pyrrole nitrogens is 6. The quantitative estimate of drug-likeness (QED) is 0.0666. The maximum absolute atomic E-state index is 13.6. The summed E-state index contributed by atoms with van der Waals surface area (Å²) in [4.78, 5) is 90.1. The summed E-state index contributed by atoms with van der Waals surface area (Å²) in [5.74, 6) is -0.162. The van der Waals surface area contributed by atoms with Gasteiger partial charge in [0, 0.05) is 219 Å². The summed E-state index contributed by atoms with van der Waals surface area (Å²) < 4.78 is 52.4. The molecule has 24 rings (SSSR count). The molecule has 27 heteroatoms. The van der Waals surface area contributed by atoms with Crippen molar-refractivity contribution in [2.75, 3.05) is 0 Å². The van der Waals surface area contributed by atoms with Crippen LogP contribution in [0.1, 0.15) is 342 Å². The van der Waals surface area contributed by atoms with Gasteiger partial charge >= 0.3 is 6.18 Å². The largest absolute Gasteiger partial charge is 0.416 e. The summed E-state index contributed by atoms with van der Waals surface area (Å²) in [6.45, 7) is 52.5. The molecular weight excluding hydrogens is 1910 g/mol. The molecule has 6 N–H and O–H groups in total. The Bertz CT molecular complexity index is 7930. The third-order valence-corrected chi connectivity index (χ3v) is 32.5. The first kappa shape index (κ1) is 104. The summed E-state index contributed by atoms with van der Waals surface area (Å²) in [5.41, 5.74) is 37.3. The molecule has 7 aromatic heterocycles. The molecule has 768 valence electrons. The van der Waals surface area contributed by atoms with Crippen molar-refractivity contribution < 1.29 is 46.3 Å². The van der Waals surface area contributed by atoms with Gasteiger partial charge in [-0.15, -0.1) is 0 Å². The van der Waals surface area contributed by atoms with E-state index >= 15 is 0 Å². The number of rotatable bonds is 6. The van der Waals surface area contributed by atoms with E-state index in [1.54, 1.807) is 12.3 Å². The average Bonchev–Trinajstić information content (AvgIpc) is 1.45. The predicted octanol–water partition coefficient (Wildman–Crippen LogP) is 26.7. The maximum Gasteiger partial charge on any atom is 0.416 e. The molecule has 5 aromatic carbocycles. The minimum absolute atomic E-state index is 0.00167. The van der Waals surface area contributed by atoms with Gasteiger partial charge in [0.05, 0.1) is 76.1 Å². The van der Waals surface area contributed by atoms with Crippen molar-refractivity contribution in [2.45, 2.75) is 282 Å². The fourth-order valence-electron chi connectivity index (χ4n) is 26.4. The lowest BCUT2D eigenvalue weighted by atomic mass is 9.65. The van der Waals surface area contributed by atoms with Crippen molar-refractivity contribution in [1.29, 1.82) is 5.26 Å². The number of aromatic amines is 6. The fraction of sp³-hybridized carbons (Fsp3) is 0.398. The second-order valence-corrected chi connectivity index (χ2v) is 48.2. The number of fused-ring (bicyclic) bond motifs is 6. The monoisotopic (exact) mass is 2030 g/mol. The van der Waals surface area contributed by atoms with Crippen molar-refractivity contribution in [3.05, 3.63) is 387 Å². The number of aromatic nitrogens is 13. The van der Waals surface area contributed by atoms with Crippen molar-refractivity contribution in [3.8, 4) is 6.07 Å². The third kappa shape index (κ3) is 20.1. The number of pyridine rings is 1. The van der Waals surface area contributed by atoms with Crippen molar-refractivity contribution >= 4 is 57.7 Å². The van der Waals surface area contributed by atoms with Gasteiger partial charge in [0.1, 0.15) is 5.82 Å². The average molecular weight is 2030 g/mol. The van der Waals surface area contributed by atoms with Crippen LogP contribution in [0.15, 0.2) is 207 Å². The normalized spacial score (nSPS) is 21.8. The summed E-state index contributed by atoms with van der Waals surface area (Å²) in [6, 6.07) is 40.6. The minimum atomic E-state index is -4.38. The number of aryl methyl sites for hydroxylation is 6. The predicted molar refractivity (Wildman–Crippen MR) is 567 cm³/mol. The Kier molecular flexibility index (Phi) is 27.3. The topological polar surface area (TPSA) is 320 Å². The van der Waals surface area contributed by atoms with E-state index in [1.807, 2.05) is 133 Å². The van der Waals surface area contributed by atoms with Crippen LogP contribution in [0.4, 0.5) is 28.9 Å². The first-order valence-corrected chi connectivity index (χ1v) is 52.1. The zero-order valence-corrected chi connectivity index (χ0v) is 89.0. The van der Waals surface area contributed by atoms with Crippen LogP contribution in [0, 0.1) is 104 Å². The zero-order chi connectivity index (χ0) is 107. The van der Waals surface area contributed by atoms with Gasteiger partial charge in [-0.1, -0.05) is 213 Å². The van der Waals surface area contributed by atoms with E-state index in [4.69, 9.17) is 30.0 Å². The van der Waals surface area contributed by atoms with Crippen molar-refractivity contribution in [1.82, 2.24) is 66.2 Å². The van der Waals surface area contributed by atoms with E-state index in [-0.39, 0.29) is 109 Å². The smallest absolute Gasteiger partial charge is 0.294 e. The van der Waals surface area contributed by atoms with E-state index in [0.717, 1.165) is 251 Å². The molecule has 6 unspecified atom stereocenters. The molecule has 12 aliphatic rings. The SMILES string of the molecule is Cc1[nH]nc2c1C(c1ccc(C#N)cc1)C1=C(C2)CC(C)(C)CC1=O.Cc1[nH]nc2c1C(c1ccc(C(F)(F)F)cc1)C1=C(C2)CC(C)(C)CC1=O.Cc1[nH]nc2c1C(c1ccc(F)cc1Cl)C1=C(C2)CC(C)(C)CC1=O.Cc1[nH]nc2c1C(c1ccccn1)C1=C(C2)CC(C)(C)CC1=O.[C-]#[N+]c1cccc(C2C3=C(Cc4n[nH]c(C)c42)CC(C)(C)CC3=O)c1.[C-]#[N+]c1ccccc1C1C2=C(Cc3n[nH]c(C)c31)CC(C)(C)CC2=O. The lowest BCUT2D eigenvalue weighted by molar-refractivity contribution is -0.137. The highest BCUT2D eigenvalue weighted by Gasteiger charge is 2.51. The summed E-state index contributed by atoms with van der Waals surface area (Å²) in [5, 5.41) is 54.7. The molecule has 22 nitrogen and oxygen atoms in total. The first-order chi connectivity index (χ1) is 71.0. The van der Waals surface area contributed by atoms with Gasteiger partial charge in [0.25, 0.3) is 0 Å². The Labute approximate surface area is 877 Å². The van der Waals surface area contributed by atoms with E-state index < -0.39 is 11.7 Å². The highest BCUT2D eigenvalue weighted by molar-refractivity contribution is 6.31. The second-order valence-electron chi connectivity index (χ2n) is 47.8. The number of carbonyl (C=O) groups is 6. The fourth-order valence-corrected chi connectivity index (χ4v) is 26.7. The number of Topliss-reactive ketones (excluding diaryl/α,β-unsaturated/α-hetero) is 6. The number of nitriles is 1. The molecule has 0 radical (unpaired) electrons. The van der Waals surface area contributed by atoms with Gasteiger partial charge in [0.15, 0.2) is 46.1 Å². The summed E-state index contributed by atoms with van der Waals surface area (Å²) in [6.07, 6.45) is 10.5. The van der Waals surface area contributed by atoms with E-state index in [9.17, 15) is 46.3 Å². The number of ketones is 6. The molecule has 0 amide bonds. The van der Waals surface area contributed by atoms with Crippen molar-refractivity contribution in [3.63, 3.8) is 0 Å². The maximum atomic E-state index is 13.6. The molecule has 12 aromatic rings. The second kappa shape index (κ2) is 39.4. The van der Waals surface area contributed by atoms with Crippen LogP contribution in [-0.4, -0.2) is 101 Å². The molecule has 0 saturated heterocycles. The van der Waals surface area contributed by atoms with Crippen LogP contribution in [0.25, 0.3) is 9.69 Å². The van der Waals surface area contributed by atoms with Crippen molar-refractivity contribution in [2.24, 2.45) is 32.5 Å². The van der Waals surface area contributed by atoms with Crippen LogP contribution >= 0.6 is 11.6 Å². The Morgan fingerprint density at radius 2 is 0.667 bits per heavy atom. The molecule has 0 aliphatic heterocycles. The number of nitrogens with one attached hydrogen (secondary N) is 6. The summed E-state index contributed by atoms with van der Waals surface area (Å²) >= 11 is 6.38. The number of para-hydroxylation sites is 1. The number of benzene rings is 5. The minimum Gasteiger partial charge on any atom is -0.294 e. The lowest BCUT2D eigenvalue weighted by Gasteiger charge is -2.38. The Morgan fingerprint density at radius 1 is 0.353 bits per heavy atom. The van der Waals surface area contributed by atoms with Gasteiger partial charge in [-0.3, -0.25) is 64.3 Å². The number of halogens is 5. The highest BCUT2D eigenvalue weighted by atomic mass is 35.5. The molecule has 0 spiro atoms. The van der Waals surface area contributed by atoms with E-state index in [1.165, 1.54) is 46.6 Å². The number of hydrogen-bond donors (Lipinski definition) is 6. The number of carbonyl (C=O) groups excluding carboxylic acids is 6. The number of hydrogen-bond acceptors (Lipinski definition) is 14. The molecule has 0 fully saturated rings. The summed E-state index contributed by atoms with van der Waals surface area (Å²) in [7, 11) is 0. The molecule has 0 bridgehead atoms. The molecule has 7 heterocycles. The molecule has 12 aliphatic carbocycles. The number of allylic oxidation sites excluding steroid dienone is 12. The molecule has 150 heavy (non-hydrogen) atoms. The van der Waals surface area contributed by atoms with E-state index in [0.29, 0.717) is 78.9 Å². The zero-order valence-electron chi connectivity index (χ0n) is 88.3. The van der Waals surface area contributed by atoms with Gasteiger partial charge in [-0.25, -0.2) is 14.1 Å². The third-order valence-electron chi connectivity index (χ3n) is 32.2. The lowest BCUT2D eigenvalue weighted by Crippen LogP contribution is -2.32. The van der Waals surface area contributed by atoms with Crippen LogP contribution in [0.3, 0.4) is 0 Å². The molecule has 6 atom stereocenters. The number of nitrogens with zero attached hydrogens (tertiary/aromatic N) is 10. The van der Waals surface area contributed by atoms with Gasteiger partial charge < -0.3 is 0 Å². The standard InChI is InChI=1S/C21H21F3N2O.3C21H21N3O.C20H20ClFN2O.C19H21N3O/c1-11-17-15(26-25-11)8-13-9-20(2,3)10-16(27)18(13)19(17)12-4-6-14(7-5-12)21(22,23)24;1-12-18-16(24-23-12)9-14-10-21(2,3)11-17(25)19(14)20(18)13-6-5-7-15(8-13)22-4;1-12-18-16(24-23-12)9-13-10-21(2,3)11-17(25)19(13)20(18)14-7-5-6-8-15(14)22-4;1-12-18-16(24-23-12)8-15-9-21(2,3)10-17(25)19(15)20(18)14-6-4-13(11-22)5-7-14;1-10-17-15(24-23-10)6-11-8-20(2,3)9-16(25)18(11)19(17)13-5-4-12(22)7-14(13)21;1-11-16-14(22-21-11)8-12-9-19(2,3)10-15(23)17(12)18(16)13-6-4-5-7-20-13/h4-7,19H,8-10H2,1-3H3,(H,25,26);2*5-8,20H,9-11H2,1-3H3,(H,23,24);4-7,20H,8-10H2,1-3H3,(H,23,24);4-5,7,19H,6,8-9H2,1-3H3,(H,23,24);4-7,18H,8-10H2,1-3H3,(H,21,22). The van der Waals surface area contributed by atoms with Gasteiger partial charge in [0.2, 0.25) is 0 Å². The highest BCUT2D eigenvalue weighted by Crippen LogP contribution is 2.59. The van der Waals surface area contributed by atoms with Crippen LogP contribution in [0.2, 0.25) is 5.02 Å². The number of alkyl halides is 3. The van der Waals surface area contributed by atoms with Crippen LogP contribution < -0.4 is 0 Å². The van der Waals surface area contributed by atoms with Gasteiger partial charge in [-0.05, 0) is 189 Å². The Morgan fingerprint density at radius 3 is 0.993 bits per heavy atom.